The summed E-state index contributed by atoms with van der Waals surface area (Å²) in [6.45, 7) is 6.46. The molecule has 0 aliphatic rings. The van der Waals surface area contributed by atoms with Gasteiger partial charge in [0.25, 0.3) is 5.91 Å². The molecule has 170 valence electrons. The van der Waals surface area contributed by atoms with Crippen molar-refractivity contribution < 1.29 is 9.53 Å². The maximum Gasteiger partial charge on any atom is 0.261 e. The smallest absolute Gasteiger partial charge is 0.261 e. The Labute approximate surface area is 200 Å². The third-order valence-electron chi connectivity index (χ3n) is 5.96. The van der Waals surface area contributed by atoms with Gasteiger partial charge in [-0.3, -0.25) is 4.79 Å². The molecule has 1 N–H and O–H groups in total. The largest absolute Gasteiger partial charge is 0.484 e. The zero-order chi connectivity index (χ0) is 23.6. The summed E-state index contributed by atoms with van der Waals surface area (Å²) >= 11 is 6.13. The van der Waals surface area contributed by atoms with E-state index < -0.39 is 0 Å². The van der Waals surface area contributed by atoms with Gasteiger partial charge in [-0.25, -0.2) is 0 Å². The van der Waals surface area contributed by atoms with Gasteiger partial charge >= 0.3 is 0 Å². The van der Waals surface area contributed by atoms with Crippen LogP contribution in [0.2, 0.25) is 5.02 Å². The lowest BCUT2D eigenvalue weighted by Gasteiger charge is -2.29. The number of H-pyrrole nitrogens is 1. The molecule has 1 atom stereocenters. The van der Waals surface area contributed by atoms with Crippen molar-refractivity contribution in [2.75, 3.05) is 13.7 Å². The molecule has 1 unspecified atom stereocenters. The number of aromatic amines is 1. The second-order valence-electron chi connectivity index (χ2n) is 9.31. The van der Waals surface area contributed by atoms with Crippen LogP contribution in [0.25, 0.3) is 10.9 Å². The van der Waals surface area contributed by atoms with Crippen LogP contribution in [0, 0.1) is 0 Å². The number of fused-ring (bicyclic) bond motifs is 1. The predicted molar refractivity (Wildman–Crippen MR) is 135 cm³/mol. The Morgan fingerprint density at radius 1 is 1.00 bits per heavy atom. The SMILES string of the molecule is CN(C(=O)COc1ccc(C(C)(C)C)cc1)C(c1ccc(Cl)cc1)c1c[nH]c2ccccc12. The molecule has 0 saturated heterocycles. The molecule has 1 amide bonds. The second kappa shape index (κ2) is 9.32. The highest BCUT2D eigenvalue weighted by atomic mass is 35.5. The third kappa shape index (κ3) is 5.07. The first-order valence-corrected chi connectivity index (χ1v) is 11.4. The standard InChI is InChI=1S/C28H29ClN2O2/c1-28(2,3)20-11-15-22(16-12-20)33-18-26(32)31(4)27(19-9-13-21(29)14-10-19)24-17-30-25-8-6-5-7-23(24)25/h5-17,27,30H,18H2,1-4H3. The van der Waals surface area contributed by atoms with Gasteiger partial charge in [-0.15, -0.1) is 0 Å². The lowest BCUT2D eigenvalue weighted by atomic mass is 9.87. The van der Waals surface area contributed by atoms with Gasteiger partial charge in [-0.1, -0.05) is 74.8 Å². The molecular formula is C28H29ClN2O2. The fourth-order valence-corrected chi connectivity index (χ4v) is 4.15. The Hall–Kier alpha value is -3.24. The average Bonchev–Trinajstić information content (AvgIpc) is 3.22. The number of carbonyl (C=O) groups excluding carboxylic acids is 1. The molecule has 1 heterocycles. The molecular weight excluding hydrogens is 432 g/mol. The van der Waals surface area contributed by atoms with Crippen LogP contribution in [-0.2, 0) is 10.2 Å². The monoisotopic (exact) mass is 460 g/mol. The maximum absolute atomic E-state index is 13.2. The minimum Gasteiger partial charge on any atom is -0.484 e. The van der Waals surface area contributed by atoms with E-state index in [9.17, 15) is 4.79 Å². The highest BCUT2D eigenvalue weighted by Crippen LogP contribution is 2.34. The Kier molecular flexibility index (Phi) is 6.48. The molecule has 0 aliphatic heterocycles. The molecule has 4 aromatic rings. The van der Waals surface area contributed by atoms with Crippen LogP contribution in [0.15, 0.2) is 79.0 Å². The third-order valence-corrected chi connectivity index (χ3v) is 6.22. The zero-order valence-corrected chi connectivity index (χ0v) is 20.2. The van der Waals surface area contributed by atoms with Crippen LogP contribution in [-0.4, -0.2) is 29.4 Å². The van der Waals surface area contributed by atoms with E-state index >= 15 is 0 Å². The molecule has 5 heteroatoms. The number of aromatic nitrogens is 1. The van der Waals surface area contributed by atoms with Crippen molar-refractivity contribution in [3.63, 3.8) is 0 Å². The van der Waals surface area contributed by atoms with Gasteiger partial charge in [-0.2, -0.15) is 0 Å². The van der Waals surface area contributed by atoms with Gasteiger partial charge in [0, 0.05) is 34.7 Å². The minimum atomic E-state index is -0.280. The van der Waals surface area contributed by atoms with Crippen molar-refractivity contribution in [2.24, 2.45) is 0 Å². The fraction of sp³-hybridized carbons (Fsp3) is 0.250. The summed E-state index contributed by atoms with van der Waals surface area (Å²) in [6.07, 6.45) is 1.97. The summed E-state index contributed by atoms with van der Waals surface area (Å²) in [5, 5.41) is 1.74. The van der Waals surface area contributed by atoms with E-state index in [4.69, 9.17) is 16.3 Å². The van der Waals surface area contributed by atoms with Gasteiger partial charge in [0.05, 0.1) is 6.04 Å². The number of halogens is 1. The highest BCUT2D eigenvalue weighted by Gasteiger charge is 2.26. The van der Waals surface area contributed by atoms with Crippen LogP contribution < -0.4 is 4.74 Å². The first-order valence-electron chi connectivity index (χ1n) is 11.0. The van der Waals surface area contributed by atoms with Gasteiger partial charge < -0.3 is 14.6 Å². The summed E-state index contributed by atoms with van der Waals surface area (Å²) < 4.78 is 5.85. The lowest BCUT2D eigenvalue weighted by Crippen LogP contribution is -2.35. The number of likely N-dealkylation sites (N-methyl/N-ethyl adjacent to an activating group) is 1. The molecule has 1 aromatic heterocycles. The van der Waals surface area contributed by atoms with Crippen molar-refractivity contribution in [1.82, 2.24) is 9.88 Å². The van der Waals surface area contributed by atoms with Crippen LogP contribution in [0.1, 0.15) is 43.5 Å². The minimum absolute atomic E-state index is 0.0438. The molecule has 0 aliphatic carbocycles. The number of benzene rings is 3. The molecule has 4 nitrogen and oxygen atoms in total. The van der Waals surface area contributed by atoms with E-state index in [0.717, 1.165) is 22.0 Å². The van der Waals surface area contributed by atoms with Gasteiger partial charge in [0.2, 0.25) is 0 Å². The van der Waals surface area contributed by atoms with Crippen molar-refractivity contribution >= 4 is 28.4 Å². The normalized spacial score (nSPS) is 12.5. The lowest BCUT2D eigenvalue weighted by molar-refractivity contribution is -0.133. The molecule has 0 fully saturated rings. The summed E-state index contributed by atoms with van der Waals surface area (Å²) in [5.41, 5.74) is 4.33. The van der Waals surface area contributed by atoms with Crippen LogP contribution in [0.4, 0.5) is 0 Å². The topological polar surface area (TPSA) is 45.3 Å². The average molecular weight is 461 g/mol. The van der Waals surface area contributed by atoms with Crippen molar-refractivity contribution in [3.8, 4) is 5.75 Å². The summed E-state index contributed by atoms with van der Waals surface area (Å²) in [4.78, 5) is 18.3. The molecule has 4 rings (SSSR count). The Morgan fingerprint density at radius 2 is 1.67 bits per heavy atom. The Balaban J connectivity index is 1.58. The van der Waals surface area contributed by atoms with Crippen molar-refractivity contribution in [3.05, 3.63) is 101 Å². The zero-order valence-electron chi connectivity index (χ0n) is 19.4. The molecule has 0 saturated carbocycles. The molecule has 0 bridgehead atoms. The summed E-state index contributed by atoms with van der Waals surface area (Å²) in [6, 6.07) is 23.4. The number of ether oxygens (including phenoxy) is 1. The van der Waals surface area contributed by atoms with Crippen LogP contribution in [0.5, 0.6) is 5.75 Å². The summed E-state index contributed by atoms with van der Waals surface area (Å²) in [5.74, 6) is 0.569. The molecule has 33 heavy (non-hydrogen) atoms. The molecule has 0 radical (unpaired) electrons. The quantitative estimate of drug-likeness (QED) is 0.346. The van der Waals surface area contributed by atoms with E-state index in [1.165, 1.54) is 5.56 Å². The van der Waals surface area contributed by atoms with E-state index in [1.807, 2.05) is 80.0 Å². The predicted octanol–water partition coefficient (Wildman–Crippen LogP) is 6.75. The van der Waals surface area contributed by atoms with Gasteiger partial charge in [-0.05, 0) is 46.9 Å². The Bertz CT molecular complexity index is 1240. The number of nitrogens with one attached hydrogen (secondary N) is 1. The number of para-hydroxylation sites is 1. The fourth-order valence-electron chi connectivity index (χ4n) is 4.02. The summed E-state index contributed by atoms with van der Waals surface area (Å²) in [7, 11) is 1.81. The van der Waals surface area contributed by atoms with Crippen molar-refractivity contribution in [2.45, 2.75) is 32.2 Å². The number of hydrogen-bond acceptors (Lipinski definition) is 2. The van der Waals surface area contributed by atoms with E-state index in [1.54, 1.807) is 4.90 Å². The Morgan fingerprint density at radius 3 is 2.33 bits per heavy atom. The van der Waals surface area contributed by atoms with Crippen LogP contribution in [0.3, 0.4) is 0 Å². The number of rotatable bonds is 6. The van der Waals surface area contributed by atoms with Gasteiger partial charge in [0.15, 0.2) is 6.61 Å². The maximum atomic E-state index is 13.2. The first-order chi connectivity index (χ1) is 15.7. The second-order valence-corrected chi connectivity index (χ2v) is 9.75. The number of carbonyl (C=O) groups is 1. The number of hydrogen-bond donors (Lipinski definition) is 1. The highest BCUT2D eigenvalue weighted by molar-refractivity contribution is 6.30. The van der Waals surface area contributed by atoms with Gasteiger partial charge in [0.1, 0.15) is 5.75 Å². The van der Waals surface area contributed by atoms with E-state index in [0.29, 0.717) is 10.8 Å². The van der Waals surface area contributed by atoms with Crippen LogP contribution >= 0.6 is 11.6 Å². The number of amides is 1. The van der Waals surface area contributed by atoms with E-state index in [-0.39, 0.29) is 24.0 Å². The molecule has 0 spiro atoms. The number of nitrogens with zero attached hydrogens (tertiary/aromatic N) is 1. The van der Waals surface area contributed by atoms with E-state index in [2.05, 4.69) is 31.8 Å². The molecule has 3 aromatic carbocycles. The first kappa shape index (κ1) is 22.9. The van der Waals surface area contributed by atoms with Crippen molar-refractivity contribution in [1.29, 1.82) is 0 Å².